The van der Waals surface area contributed by atoms with Crippen LogP contribution in [0.2, 0.25) is 10.0 Å². The van der Waals surface area contributed by atoms with Gasteiger partial charge in [0.05, 0.1) is 13.2 Å². The second-order valence-corrected chi connectivity index (χ2v) is 5.02. The molecule has 1 aromatic carbocycles. The van der Waals surface area contributed by atoms with Gasteiger partial charge in [-0.3, -0.25) is 4.79 Å². The normalized spacial score (nSPS) is 15.8. The molecule has 20 heavy (non-hydrogen) atoms. The van der Waals surface area contributed by atoms with Crippen LogP contribution in [0.5, 0.6) is 0 Å². The van der Waals surface area contributed by atoms with Crippen molar-refractivity contribution in [3.8, 4) is 6.07 Å². The van der Waals surface area contributed by atoms with Crippen LogP contribution in [0.3, 0.4) is 0 Å². The maximum atomic E-state index is 12.2. The third-order valence-electron chi connectivity index (χ3n) is 2.94. The van der Waals surface area contributed by atoms with E-state index in [2.05, 4.69) is 0 Å². The van der Waals surface area contributed by atoms with Gasteiger partial charge in [-0.15, -0.1) is 0 Å². The maximum Gasteiger partial charge on any atom is 0.264 e. The van der Waals surface area contributed by atoms with E-state index in [4.69, 9.17) is 27.9 Å². The van der Waals surface area contributed by atoms with Gasteiger partial charge in [0, 0.05) is 28.7 Å². The quantitative estimate of drug-likeness (QED) is 0.623. The monoisotopic (exact) mass is 310 g/mol. The molecule has 104 valence electrons. The Bertz CT molecular complexity index is 567. The van der Waals surface area contributed by atoms with Crippen LogP contribution in [0.4, 0.5) is 0 Å². The molecule has 2 rings (SSSR count). The van der Waals surface area contributed by atoms with Crippen molar-refractivity contribution in [3.05, 3.63) is 39.4 Å². The number of hydrogen-bond acceptors (Lipinski definition) is 3. The highest BCUT2D eigenvalue weighted by atomic mass is 35.5. The van der Waals surface area contributed by atoms with Crippen molar-refractivity contribution in [1.29, 1.82) is 5.26 Å². The molecule has 1 aliphatic rings. The van der Waals surface area contributed by atoms with Crippen molar-refractivity contribution in [3.63, 3.8) is 0 Å². The average Bonchev–Trinajstić information content (AvgIpc) is 2.47. The van der Waals surface area contributed by atoms with E-state index in [1.54, 1.807) is 23.1 Å². The number of morpholine rings is 1. The maximum absolute atomic E-state index is 12.2. The Morgan fingerprint density at radius 3 is 2.45 bits per heavy atom. The van der Waals surface area contributed by atoms with Crippen LogP contribution < -0.4 is 0 Å². The standard InChI is InChI=1S/C14H12Cl2N2O2/c15-12-2-1-3-13(16)11(12)8-10(9-17)14(19)18-4-6-20-7-5-18/h1-3,8H,4-7H2/b10-8-. The van der Waals surface area contributed by atoms with E-state index in [9.17, 15) is 10.1 Å². The third-order valence-corrected chi connectivity index (χ3v) is 3.60. The molecule has 1 amide bonds. The highest BCUT2D eigenvalue weighted by molar-refractivity contribution is 6.37. The molecule has 6 heteroatoms. The molecule has 0 N–H and O–H groups in total. The third kappa shape index (κ3) is 3.31. The Balaban J connectivity index is 2.30. The number of rotatable bonds is 2. The molecule has 0 saturated carbocycles. The topological polar surface area (TPSA) is 53.3 Å². The molecule has 0 spiro atoms. The molecule has 1 fully saturated rings. The molecule has 0 aliphatic carbocycles. The van der Waals surface area contributed by atoms with Gasteiger partial charge in [0.25, 0.3) is 5.91 Å². The van der Waals surface area contributed by atoms with Gasteiger partial charge in [0.15, 0.2) is 0 Å². The van der Waals surface area contributed by atoms with Crippen LogP contribution in [-0.2, 0) is 9.53 Å². The molecule has 0 unspecified atom stereocenters. The van der Waals surface area contributed by atoms with Crippen molar-refractivity contribution in [2.45, 2.75) is 0 Å². The lowest BCUT2D eigenvalue weighted by atomic mass is 10.1. The minimum atomic E-state index is -0.327. The molecule has 1 saturated heterocycles. The first-order valence-electron chi connectivity index (χ1n) is 6.06. The summed E-state index contributed by atoms with van der Waals surface area (Å²) in [6.07, 6.45) is 1.43. The lowest BCUT2D eigenvalue weighted by Crippen LogP contribution is -2.41. The Labute approximate surface area is 127 Å². The van der Waals surface area contributed by atoms with Crippen LogP contribution in [0.25, 0.3) is 6.08 Å². The molecule has 0 radical (unpaired) electrons. The summed E-state index contributed by atoms with van der Waals surface area (Å²) < 4.78 is 5.18. The van der Waals surface area contributed by atoms with E-state index in [-0.39, 0.29) is 11.5 Å². The zero-order valence-electron chi connectivity index (χ0n) is 10.6. The predicted octanol–water partition coefficient (Wildman–Crippen LogP) is 2.76. The fourth-order valence-electron chi connectivity index (χ4n) is 1.87. The van der Waals surface area contributed by atoms with E-state index < -0.39 is 0 Å². The van der Waals surface area contributed by atoms with Gasteiger partial charge in [-0.1, -0.05) is 29.3 Å². The average molecular weight is 311 g/mol. The molecular formula is C14H12Cl2N2O2. The van der Waals surface area contributed by atoms with Crippen LogP contribution >= 0.6 is 23.2 Å². The van der Waals surface area contributed by atoms with Crippen LogP contribution in [0.1, 0.15) is 5.56 Å². The van der Waals surface area contributed by atoms with Crippen molar-refractivity contribution in [2.75, 3.05) is 26.3 Å². The van der Waals surface area contributed by atoms with Gasteiger partial charge in [0.1, 0.15) is 11.6 Å². The van der Waals surface area contributed by atoms with E-state index >= 15 is 0 Å². The number of carbonyl (C=O) groups is 1. The van der Waals surface area contributed by atoms with E-state index in [0.29, 0.717) is 41.9 Å². The Morgan fingerprint density at radius 1 is 1.30 bits per heavy atom. The highest BCUT2D eigenvalue weighted by Gasteiger charge is 2.21. The van der Waals surface area contributed by atoms with Gasteiger partial charge in [0.2, 0.25) is 0 Å². The number of amides is 1. The highest BCUT2D eigenvalue weighted by Crippen LogP contribution is 2.27. The SMILES string of the molecule is N#C/C(=C/c1c(Cl)cccc1Cl)C(=O)N1CCOCC1. The lowest BCUT2D eigenvalue weighted by molar-refractivity contribution is -0.130. The van der Waals surface area contributed by atoms with Gasteiger partial charge in [-0.25, -0.2) is 0 Å². The summed E-state index contributed by atoms with van der Waals surface area (Å²) in [5.74, 6) is -0.327. The summed E-state index contributed by atoms with van der Waals surface area (Å²) in [6.45, 7) is 1.93. The second kappa shape index (κ2) is 6.76. The van der Waals surface area contributed by atoms with Gasteiger partial charge in [-0.2, -0.15) is 5.26 Å². The van der Waals surface area contributed by atoms with Crippen LogP contribution in [0.15, 0.2) is 23.8 Å². The van der Waals surface area contributed by atoms with E-state index in [1.807, 2.05) is 6.07 Å². The van der Waals surface area contributed by atoms with Crippen molar-refractivity contribution >= 4 is 35.2 Å². The molecule has 0 bridgehead atoms. The Kier molecular flexibility index (Phi) is 5.02. The summed E-state index contributed by atoms with van der Waals surface area (Å²) in [5.41, 5.74) is 0.496. The first kappa shape index (κ1) is 14.9. The molecule has 0 aromatic heterocycles. The molecule has 4 nitrogen and oxygen atoms in total. The zero-order chi connectivity index (χ0) is 14.5. The second-order valence-electron chi connectivity index (χ2n) is 4.21. The fraction of sp³-hybridized carbons (Fsp3) is 0.286. The Hall–Kier alpha value is -1.54. The summed E-state index contributed by atoms with van der Waals surface area (Å²) in [4.78, 5) is 13.8. The first-order valence-corrected chi connectivity index (χ1v) is 6.82. The van der Waals surface area contributed by atoms with Gasteiger partial charge < -0.3 is 9.64 Å². The smallest absolute Gasteiger partial charge is 0.264 e. The first-order chi connectivity index (χ1) is 9.63. The number of ether oxygens (including phenoxy) is 1. The summed E-state index contributed by atoms with van der Waals surface area (Å²) in [6, 6.07) is 6.94. The summed E-state index contributed by atoms with van der Waals surface area (Å²) in [5, 5.41) is 9.99. The van der Waals surface area contributed by atoms with Crippen LogP contribution in [-0.4, -0.2) is 37.1 Å². The fourth-order valence-corrected chi connectivity index (χ4v) is 2.38. The van der Waals surface area contributed by atoms with E-state index in [1.165, 1.54) is 6.08 Å². The van der Waals surface area contributed by atoms with Crippen molar-refractivity contribution in [1.82, 2.24) is 4.90 Å². The molecule has 1 aliphatic heterocycles. The predicted molar refractivity (Wildman–Crippen MR) is 77.5 cm³/mol. The minimum absolute atomic E-state index is 0.0156. The van der Waals surface area contributed by atoms with E-state index in [0.717, 1.165) is 0 Å². The molecular weight excluding hydrogens is 299 g/mol. The molecule has 1 aromatic rings. The van der Waals surface area contributed by atoms with Crippen molar-refractivity contribution in [2.24, 2.45) is 0 Å². The zero-order valence-corrected chi connectivity index (χ0v) is 12.1. The molecule has 1 heterocycles. The number of carbonyl (C=O) groups excluding carboxylic acids is 1. The lowest BCUT2D eigenvalue weighted by Gasteiger charge is -2.26. The largest absolute Gasteiger partial charge is 0.378 e. The number of nitriles is 1. The minimum Gasteiger partial charge on any atom is -0.378 e. The van der Waals surface area contributed by atoms with Gasteiger partial charge in [-0.05, 0) is 18.2 Å². The number of nitrogens with zero attached hydrogens (tertiary/aromatic N) is 2. The van der Waals surface area contributed by atoms with Crippen LogP contribution in [0, 0.1) is 11.3 Å². The van der Waals surface area contributed by atoms with Crippen molar-refractivity contribution < 1.29 is 9.53 Å². The van der Waals surface area contributed by atoms with Gasteiger partial charge >= 0.3 is 0 Å². The number of halogens is 2. The Morgan fingerprint density at radius 2 is 1.90 bits per heavy atom. The number of hydrogen-bond donors (Lipinski definition) is 0. The summed E-state index contributed by atoms with van der Waals surface area (Å²) in [7, 11) is 0. The molecule has 0 atom stereocenters. The summed E-state index contributed by atoms with van der Waals surface area (Å²) >= 11 is 12.1. The number of benzene rings is 1.